The van der Waals surface area contributed by atoms with Gasteiger partial charge in [0, 0.05) is 6.04 Å². The number of aromatic amines is 1. The summed E-state index contributed by atoms with van der Waals surface area (Å²) in [5.41, 5.74) is 1.67. The number of H-pyrrole nitrogens is 1. The molecule has 1 unspecified atom stereocenters. The fourth-order valence-electron chi connectivity index (χ4n) is 1.92. The van der Waals surface area contributed by atoms with Crippen LogP contribution in [0.2, 0.25) is 0 Å². The molecule has 0 aliphatic rings. The molecular formula is C13H12FN5. The van der Waals surface area contributed by atoms with Crippen LogP contribution in [0.1, 0.15) is 18.5 Å². The Morgan fingerprint density at radius 1 is 1.21 bits per heavy atom. The summed E-state index contributed by atoms with van der Waals surface area (Å²) in [6, 6.07) is 6.40. The number of anilines is 1. The van der Waals surface area contributed by atoms with Crippen molar-refractivity contribution in [2.24, 2.45) is 0 Å². The van der Waals surface area contributed by atoms with Crippen LogP contribution < -0.4 is 5.32 Å². The van der Waals surface area contributed by atoms with Crippen LogP contribution in [0.25, 0.3) is 11.0 Å². The van der Waals surface area contributed by atoms with Crippen molar-refractivity contribution in [1.82, 2.24) is 20.2 Å². The van der Waals surface area contributed by atoms with Crippen LogP contribution in [0.5, 0.6) is 0 Å². The Labute approximate surface area is 108 Å². The van der Waals surface area contributed by atoms with E-state index in [4.69, 9.17) is 0 Å². The molecule has 96 valence electrons. The zero-order valence-corrected chi connectivity index (χ0v) is 10.3. The highest BCUT2D eigenvalue weighted by Gasteiger charge is 2.10. The predicted octanol–water partition coefficient (Wildman–Crippen LogP) is 2.67. The number of hydrogen-bond donors (Lipinski definition) is 2. The Balaban J connectivity index is 1.88. The van der Waals surface area contributed by atoms with E-state index in [0.29, 0.717) is 11.5 Å². The first-order chi connectivity index (χ1) is 9.24. The Kier molecular flexibility index (Phi) is 2.83. The van der Waals surface area contributed by atoms with Gasteiger partial charge in [0.2, 0.25) is 0 Å². The zero-order valence-electron chi connectivity index (χ0n) is 10.3. The number of fused-ring (bicyclic) bond motifs is 1. The fourth-order valence-corrected chi connectivity index (χ4v) is 1.92. The third kappa shape index (κ3) is 2.24. The number of aromatic nitrogens is 4. The number of nitrogens with one attached hydrogen (secondary N) is 2. The minimum Gasteiger partial charge on any atom is -0.363 e. The minimum absolute atomic E-state index is 0.00796. The molecule has 0 aliphatic heterocycles. The number of benzene rings is 1. The van der Waals surface area contributed by atoms with Crippen molar-refractivity contribution in [1.29, 1.82) is 0 Å². The van der Waals surface area contributed by atoms with Gasteiger partial charge in [-0.2, -0.15) is 5.10 Å². The second-order valence-electron chi connectivity index (χ2n) is 4.27. The minimum atomic E-state index is -0.241. The molecule has 0 spiro atoms. The van der Waals surface area contributed by atoms with Crippen LogP contribution in [-0.4, -0.2) is 20.2 Å². The number of hydrogen-bond acceptors (Lipinski definition) is 4. The Hall–Kier alpha value is -2.50. The van der Waals surface area contributed by atoms with Crippen molar-refractivity contribution < 1.29 is 4.39 Å². The summed E-state index contributed by atoms with van der Waals surface area (Å²) < 4.78 is 12.9. The largest absolute Gasteiger partial charge is 0.363 e. The van der Waals surface area contributed by atoms with Gasteiger partial charge < -0.3 is 5.32 Å². The van der Waals surface area contributed by atoms with Crippen molar-refractivity contribution in [2.75, 3.05) is 5.32 Å². The lowest BCUT2D eigenvalue weighted by Crippen LogP contribution is -2.08. The topological polar surface area (TPSA) is 66.5 Å². The average molecular weight is 257 g/mol. The molecule has 3 aromatic rings. The lowest BCUT2D eigenvalue weighted by molar-refractivity contribution is 0.626. The molecule has 0 bridgehead atoms. The summed E-state index contributed by atoms with van der Waals surface area (Å²) >= 11 is 0. The van der Waals surface area contributed by atoms with Gasteiger partial charge in [0.1, 0.15) is 18.0 Å². The summed E-state index contributed by atoms with van der Waals surface area (Å²) in [5.74, 6) is 0.464. The summed E-state index contributed by atoms with van der Waals surface area (Å²) in [4.78, 5) is 8.28. The van der Waals surface area contributed by atoms with Gasteiger partial charge in [0.05, 0.1) is 11.6 Å². The molecule has 0 saturated heterocycles. The molecule has 2 N–H and O–H groups in total. The number of rotatable bonds is 3. The molecule has 2 aromatic heterocycles. The maximum Gasteiger partial charge on any atom is 0.160 e. The van der Waals surface area contributed by atoms with Gasteiger partial charge in [-0.15, -0.1) is 0 Å². The highest BCUT2D eigenvalue weighted by Crippen LogP contribution is 2.22. The first kappa shape index (κ1) is 11.6. The standard InChI is InChI=1S/C13H12FN5/c1-8(9-2-4-10(14)5-3-9)18-12-11-6-17-19-13(11)16-7-15-12/h2-8H,1H3,(H2,15,16,17,18,19). The smallest absolute Gasteiger partial charge is 0.160 e. The van der Waals surface area contributed by atoms with E-state index in [1.165, 1.54) is 18.5 Å². The Bertz CT molecular complexity index is 692. The fraction of sp³-hybridized carbons (Fsp3) is 0.154. The summed E-state index contributed by atoms with van der Waals surface area (Å²) in [6.45, 7) is 1.99. The summed E-state index contributed by atoms with van der Waals surface area (Å²) in [7, 11) is 0. The van der Waals surface area contributed by atoms with Gasteiger partial charge in [-0.3, -0.25) is 5.10 Å². The van der Waals surface area contributed by atoms with E-state index < -0.39 is 0 Å². The van der Waals surface area contributed by atoms with Crippen molar-refractivity contribution >= 4 is 16.9 Å². The maximum atomic E-state index is 12.9. The molecule has 1 atom stereocenters. The normalized spacial score (nSPS) is 12.5. The molecule has 0 aliphatic carbocycles. The molecule has 1 aromatic carbocycles. The second kappa shape index (κ2) is 4.64. The number of halogens is 1. The van der Waals surface area contributed by atoms with E-state index in [0.717, 1.165) is 10.9 Å². The van der Waals surface area contributed by atoms with E-state index in [1.807, 2.05) is 6.92 Å². The van der Waals surface area contributed by atoms with Gasteiger partial charge in [-0.1, -0.05) is 12.1 Å². The molecule has 19 heavy (non-hydrogen) atoms. The van der Waals surface area contributed by atoms with Gasteiger partial charge >= 0.3 is 0 Å². The SMILES string of the molecule is CC(Nc1ncnc2[nH]ncc12)c1ccc(F)cc1. The predicted molar refractivity (Wildman–Crippen MR) is 70.1 cm³/mol. The van der Waals surface area contributed by atoms with Crippen LogP contribution >= 0.6 is 0 Å². The molecule has 5 nitrogen and oxygen atoms in total. The zero-order chi connectivity index (χ0) is 13.2. The van der Waals surface area contributed by atoms with Crippen LogP contribution in [0.4, 0.5) is 10.2 Å². The molecule has 6 heteroatoms. The highest BCUT2D eigenvalue weighted by atomic mass is 19.1. The maximum absolute atomic E-state index is 12.9. The van der Waals surface area contributed by atoms with Crippen LogP contribution in [0, 0.1) is 5.82 Å². The molecule has 0 amide bonds. The number of nitrogens with zero attached hydrogens (tertiary/aromatic N) is 3. The van der Waals surface area contributed by atoms with Crippen LogP contribution in [0.3, 0.4) is 0 Å². The van der Waals surface area contributed by atoms with Crippen molar-refractivity contribution in [3.8, 4) is 0 Å². The van der Waals surface area contributed by atoms with Gasteiger partial charge in [-0.25, -0.2) is 14.4 Å². The molecular weight excluding hydrogens is 245 g/mol. The third-order valence-electron chi connectivity index (χ3n) is 2.97. The van der Waals surface area contributed by atoms with Gasteiger partial charge in [0.25, 0.3) is 0 Å². The molecule has 0 saturated carbocycles. The molecule has 0 radical (unpaired) electrons. The first-order valence-electron chi connectivity index (χ1n) is 5.90. The monoisotopic (exact) mass is 257 g/mol. The van der Waals surface area contributed by atoms with Crippen molar-refractivity contribution in [3.05, 3.63) is 48.2 Å². The lowest BCUT2D eigenvalue weighted by atomic mass is 10.1. The molecule has 2 heterocycles. The average Bonchev–Trinajstić information content (AvgIpc) is 2.89. The van der Waals surface area contributed by atoms with Crippen LogP contribution in [-0.2, 0) is 0 Å². The third-order valence-corrected chi connectivity index (χ3v) is 2.97. The van der Waals surface area contributed by atoms with Gasteiger partial charge in [-0.05, 0) is 24.6 Å². The van der Waals surface area contributed by atoms with E-state index in [-0.39, 0.29) is 11.9 Å². The molecule has 3 rings (SSSR count). The molecule has 0 fully saturated rings. The summed E-state index contributed by atoms with van der Waals surface area (Å²) in [6.07, 6.45) is 3.15. The lowest BCUT2D eigenvalue weighted by Gasteiger charge is -2.15. The Morgan fingerprint density at radius 2 is 2.00 bits per heavy atom. The quantitative estimate of drug-likeness (QED) is 0.757. The Morgan fingerprint density at radius 3 is 2.79 bits per heavy atom. The van der Waals surface area contributed by atoms with E-state index in [2.05, 4.69) is 25.5 Å². The summed E-state index contributed by atoms with van der Waals surface area (Å²) in [5, 5.41) is 10.8. The second-order valence-corrected chi connectivity index (χ2v) is 4.27. The highest BCUT2D eigenvalue weighted by molar-refractivity contribution is 5.85. The van der Waals surface area contributed by atoms with E-state index >= 15 is 0 Å². The first-order valence-corrected chi connectivity index (χ1v) is 5.90. The van der Waals surface area contributed by atoms with Crippen molar-refractivity contribution in [3.63, 3.8) is 0 Å². The van der Waals surface area contributed by atoms with Gasteiger partial charge in [0.15, 0.2) is 5.65 Å². The van der Waals surface area contributed by atoms with Crippen molar-refractivity contribution in [2.45, 2.75) is 13.0 Å². The van der Waals surface area contributed by atoms with E-state index in [9.17, 15) is 4.39 Å². The van der Waals surface area contributed by atoms with Crippen LogP contribution in [0.15, 0.2) is 36.8 Å². The van der Waals surface area contributed by atoms with E-state index in [1.54, 1.807) is 18.3 Å².